The van der Waals surface area contributed by atoms with Crippen LogP contribution in [0.1, 0.15) is 31.7 Å². The predicted octanol–water partition coefficient (Wildman–Crippen LogP) is 2.69. The predicted molar refractivity (Wildman–Crippen MR) is 72.7 cm³/mol. The minimum atomic E-state index is -0.219. The van der Waals surface area contributed by atoms with Gasteiger partial charge in [0.25, 0.3) is 0 Å². The largest absolute Gasteiger partial charge is 0.491 e. The number of hydrogen-bond donors (Lipinski definition) is 1. The average molecular weight is 249 g/mol. The molecule has 0 spiro atoms. The molecule has 1 aromatic carbocycles. The smallest absolute Gasteiger partial charge is 0.124 e. The summed E-state index contributed by atoms with van der Waals surface area (Å²) in [4.78, 5) is 0. The van der Waals surface area contributed by atoms with Gasteiger partial charge in [0, 0.05) is 18.2 Å². The molecule has 0 bridgehead atoms. The first-order valence-electron chi connectivity index (χ1n) is 6.66. The molecule has 2 N–H and O–H groups in total. The van der Waals surface area contributed by atoms with Gasteiger partial charge in [0.05, 0.1) is 6.61 Å². The fourth-order valence-electron chi connectivity index (χ4n) is 2.81. The Labute approximate surface area is 109 Å². The van der Waals surface area contributed by atoms with Crippen molar-refractivity contribution in [3.8, 4) is 5.75 Å². The summed E-state index contributed by atoms with van der Waals surface area (Å²) in [5.41, 5.74) is 7.49. The zero-order valence-electron chi connectivity index (χ0n) is 11.3. The second-order valence-corrected chi connectivity index (χ2v) is 5.34. The third kappa shape index (κ3) is 2.85. The lowest BCUT2D eigenvalue weighted by Gasteiger charge is -2.27. The SMILES string of the molecule is COCCOc1ccccc1C1(N)CCC(C)C1. The second-order valence-electron chi connectivity index (χ2n) is 5.34. The summed E-state index contributed by atoms with van der Waals surface area (Å²) in [6.45, 7) is 3.43. The Bertz CT molecular complexity index is 394. The lowest BCUT2D eigenvalue weighted by molar-refractivity contribution is 0.144. The Hall–Kier alpha value is -1.06. The molecular formula is C15H23NO2. The van der Waals surface area contributed by atoms with Crippen molar-refractivity contribution in [1.82, 2.24) is 0 Å². The first kappa shape index (κ1) is 13.4. The zero-order valence-corrected chi connectivity index (χ0v) is 11.3. The molecule has 1 aliphatic rings. The summed E-state index contributed by atoms with van der Waals surface area (Å²) in [5, 5.41) is 0. The third-order valence-corrected chi connectivity index (χ3v) is 3.76. The van der Waals surface area contributed by atoms with Crippen molar-refractivity contribution in [3.63, 3.8) is 0 Å². The fraction of sp³-hybridized carbons (Fsp3) is 0.600. The summed E-state index contributed by atoms with van der Waals surface area (Å²) in [7, 11) is 1.68. The van der Waals surface area contributed by atoms with E-state index in [0.717, 1.165) is 24.2 Å². The molecule has 0 saturated heterocycles. The second kappa shape index (κ2) is 5.72. The Balaban J connectivity index is 2.16. The molecule has 1 aliphatic carbocycles. The van der Waals surface area contributed by atoms with E-state index >= 15 is 0 Å². The number of para-hydroxylation sites is 1. The Morgan fingerprint density at radius 1 is 1.33 bits per heavy atom. The van der Waals surface area contributed by atoms with E-state index in [0.29, 0.717) is 19.1 Å². The highest BCUT2D eigenvalue weighted by molar-refractivity contribution is 5.39. The minimum Gasteiger partial charge on any atom is -0.491 e. The van der Waals surface area contributed by atoms with Crippen LogP contribution in [0.4, 0.5) is 0 Å². The maximum Gasteiger partial charge on any atom is 0.124 e. The molecule has 2 rings (SSSR count). The fourth-order valence-corrected chi connectivity index (χ4v) is 2.81. The van der Waals surface area contributed by atoms with Gasteiger partial charge in [0.15, 0.2) is 0 Å². The number of rotatable bonds is 5. The number of methoxy groups -OCH3 is 1. The summed E-state index contributed by atoms with van der Waals surface area (Å²) < 4.78 is 10.8. The van der Waals surface area contributed by atoms with Crippen molar-refractivity contribution in [3.05, 3.63) is 29.8 Å². The molecule has 100 valence electrons. The molecule has 1 saturated carbocycles. The van der Waals surface area contributed by atoms with Crippen LogP contribution in [0, 0.1) is 5.92 Å². The maximum atomic E-state index is 6.56. The van der Waals surface area contributed by atoms with E-state index in [1.54, 1.807) is 7.11 Å². The molecular weight excluding hydrogens is 226 g/mol. The molecule has 0 aliphatic heterocycles. The van der Waals surface area contributed by atoms with Crippen LogP contribution in [0.15, 0.2) is 24.3 Å². The van der Waals surface area contributed by atoms with Gasteiger partial charge in [-0.15, -0.1) is 0 Å². The molecule has 0 heterocycles. The molecule has 1 aromatic rings. The van der Waals surface area contributed by atoms with Gasteiger partial charge >= 0.3 is 0 Å². The van der Waals surface area contributed by atoms with Gasteiger partial charge in [-0.25, -0.2) is 0 Å². The van der Waals surface area contributed by atoms with Gasteiger partial charge in [-0.1, -0.05) is 25.1 Å². The van der Waals surface area contributed by atoms with Gasteiger partial charge < -0.3 is 15.2 Å². The van der Waals surface area contributed by atoms with Crippen molar-refractivity contribution in [2.24, 2.45) is 11.7 Å². The third-order valence-electron chi connectivity index (χ3n) is 3.76. The van der Waals surface area contributed by atoms with E-state index < -0.39 is 0 Å². The summed E-state index contributed by atoms with van der Waals surface area (Å²) in [6.07, 6.45) is 3.28. The van der Waals surface area contributed by atoms with Crippen LogP contribution in [0.25, 0.3) is 0 Å². The topological polar surface area (TPSA) is 44.5 Å². The molecule has 3 nitrogen and oxygen atoms in total. The molecule has 2 unspecified atom stereocenters. The highest BCUT2D eigenvalue weighted by Crippen LogP contribution is 2.43. The maximum absolute atomic E-state index is 6.56. The highest BCUT2D eigenvalue weighted by atomic mass is 16.5. The van der Waals surface area contributed by atoms with Gasteiger partial charge in [-0.3, -0.25) is 0 Å². The number of ether oxygens (including phenoxy) is 2. The van der Waals surface area contributed by atoms with Crippen LogP contribution >= 0.6 is 0 Å². The molecule has 0 amide bonds. The van der Waals surface area contributed by atoms with Crippen LogP contribution in [0.3, 0.4) is 0 Å². The van der Waals surface area contributed by atoms with E-state index in [9.17, 15) is 0 Å². The Kier molecular flexibility index (Phi) is 4.25. The molecule has 0 radical (unpaired) electrons. The number of hydrogen-bond acceptors (Lipinski definition) is 3. The first-order valence-corrected chi connectivity index (χ1v) is 6.66. The lowest BCUT2D eigenvalue weighted by atomic mass is 9.88. The molecule has 18 heavy (non-hydrogen) atoms. The average Bonchev–Trinajstić information content (AvgIpc) is 2.71. The van der Waals surface area contributed by atoms with Crippen LogP contribution in [-0.4, -0.2) is 20.3 Å². The van der Waals surface area contributed by atoms with Crippen LogP contribution < -0.4 is 10.5 Å². The van der Waals surface area contributed by atoms with Crippen molar-refractivity contribution in [2.75, 3.05) is 20.3 Å². The van der Waals surface area contributed by atoms with Crippen molar-refractivity contribution < 1.29 is 9.47 Å². The van der Waals surface area contributed by atoms with Gasteiger partial charge in [0.2, 0.25) is 0 Å². The lowest BCUT2D eigenvalue weighted by Crippen LogP contribution is -2.34. The summed E-state index contributed by atoms with van der Waals surface area (Å²) in [5.74, 6) is 1.60. The van der Waals surface area contributed by atoms with Crippen LogP contribution in [0.2, 0.25) is 0 Å². The molecule has 2 atom stereocenters. The standard InChI is InChI=1S/C15H23NO2/c1-12-7-8-15(16,11-12)13-5-3-4-6-14(13)18-10-9-17-2/h3-6,12H,7-11,16H2,1-2H3. The van der Waals surface area contributed by atoms with E-state index in [4.69, 9.17) is 15.2 Å². The number of nitrogens with two attached hydrogens (primary N) is 1. The quantitative estimate of drug-likeness (QED) is 0.816. The molecule has 0 aromatic heterocycles. The summed E-state index contributed by atoms with van der Waals surface area (Å²) >= 11 is 0. The van der Waals surface area contributed by atoms with Crippen molar-refractivity contribution >= 4 is 0 Å². The zero-order chi connectivity index (χ0) is 13.0. The van der Waals surface area contributed by atoms with Crippen LogP contribution in [-0.2, 0) is 10.3 Å². The summed E-state index contributed by atoms with van der Waals surface area (Å²) in [6, 6.07) is 8.13. The number of benzene rings is 1. The highest BCUT2D eigenvalue weighted by Gasteiger charge is 2.37. The van der Waals surface area contributed by atoms with E-state index in [1.807, 2.05) is 18.2 Å². The van der Waals surface area contributed by atoms with E-state index in [-0.39, 0.29) is 5.54 Å². The van der Waals surface area contributed by atoms with Crippen molar-refractivity contribution in [1.29, 1.82) is 0 Å². The Morgan fingerprint density at radius 3 is 2.78 bits per heavy atom. The molecule has 3 heteroatoms. The minimum absolute atomic E-state index is 0.219. The van der Waals surface area contributed by atoms with E-state index in [1.165, 1.54) is 6.42 Å². The Morgan fingerprint density at radius 2 is 2.11 bits per heavy atom. The van der Waals surface area contributed by atoms with Gasteiger partial charge in [-0.2, -0.15) is 0 Å². The van der Waals surface area contributed by atoms with Gasteiger partial charge in [-0.05, 0) is 31.2 Å². The van der Waals surface area contributed by atoms with Crippen LogP contribution in [0.5, 0.6) is 5.75 Å². The first-order chi connectivity index (χ1) is 8.65. The van der Waals surface area contributed by atoms with Gasteiger partial charge in [0.1, 0.15) is 12.4 Å². The molecule has 1 fully saturated rings. The monoisotopic (exact) mass is 249 g/mol. The normalized spacial score (nSPS) is 27.4. The van der Waals surface area contributed by atoms with E-state index in [2.05, 4.69) is 13.0 Å². The van der Waals surface area contributed by atoms with Crippen molar-refractivity contribution in [2.45, 2.75) is 31.7 Å².